The summed E-state index contributed by atoms with van der Waals surface area (Å²) in [7, 11) is 1.58. The minimum Gasteiger partial charge on any atom is -0.495 e. The molecule has 0 radical (unpaired) electrons. The van der Waals surface area contributed by atoms with Crippen LogP contribution in [-0.4, -0.2) is 7.11 Å². The number of methoxy groups -OCH3 is 1. The van der Waals surface area contributed by atoms with E-state index in [1.54, 1.807) is 25.5 Å². The summed E-state index contributed by atoms with van der Waals surface area (Å²) in [6.07, 6.45) is 2.82. The molecule has 0 atom stereocenters. The lowest BCUT2D eigenvalue weighted by molar-refractivity contribution is 0.423. The molecule has 3 aromatic rings. The molecule has 0 unspecified atom stereocenters. The van der Waals surface area contributed by atoms with E-state index in [2.05, 4.69) is 13.8 Å². The van der Waals surface area contributed by atoms with Crippen molar-refractivity contribution >= 4 is 21.9 Å². The maximum atomic E-state index is 11.1. The van der Waals surface area contributed by atoms with Crippen LogP contribution in [0.15, 0.2) is 44.2 Å². The van der Waals surface area contributed by atoms with E-state index < -0.39 is 0 Å². The third-order valence-corrected chi connectivity index (χ3v) is 2.51. The Morgan fingerprint density at radius 3 is 2.47 bits per heavy atom. The van der Waals surface area contributed by atoms with Crippen LogP contribution in [0.3, 0.4) is 0 Å². The maximum absolute atomic E-state index is 11.1. The number of rotatable bonds is 1. The van der Waals surface area contributed by atoms with Gasteiger partial charge in [-0.2, -0.15) is 0 Å². The second kappa shape index (κ2) is 5.61. The van der Waals surface area contributed by atoms with Crippen LogP contribution < -0.4 is 10.4 Å². The molecule has 2 aromatic heterocycles. The Labute approximate surface area is 110 Å². The molecule has 4 heteroatoms. The smallest absolute Gasteiger partial charge is 0.336 e. The molecule has 100 valence electrons. The van der Waals surface area contributed by atoms with Gasteiger partial charge in [0.25, 0.3) is 0 Å². The van der Waals surface area contributed by atoms with Crippen molar-refractivity contribution in [3.05, 3.63) is 40.9 Å². The first-order valence-electron chi connectivity index (χ1n) is 6.19. The van der Waals surface area contributed by atoms with Crippen molar-refractivity contribution in [3.8, 4) is 5.75 Å². The second-order valence-electron chi connectivity index (χ2n) is 4.12. The molecule has 0 spiro atoms. The Morgan fingerprint density at radius 1 is 1.11 bits per heavy atom. The number of hydrogen-bond acceptors (Lipinski definition) is 4. The number of furan rings is 1. The molecule has 3 rings (SSSR count). The molecule has 0 aliphatic heterocycles. The quantitative estimate of drug-likeness (QED) is 0.621. The van der Waals surface area contributed by atoms with Gasteiger partial charge < -0.3 is 13.6 Å². The Kier molecular flexibility index (Phi) is 3.90. The molecule has 0 aliphatic carbocycles. The van der Waals surface area contributed by atoms with Crippen LogP contribution in [0.2, 0.25) is 0 Å². The number of ether oxygens (including phenoxy) is 1. The maximum Gasteiger partial charge on any atom is 0.336 e. The first kappa shape index (κ1) is 13.2. The van der Waals surface area contributed by atoms with Gasteiger partial charge in [0.05, 0.1) is 24.1 Å². The van der Waals surface area contributed by atoms with Crippen LogP contribution in [-0.2, 0) is 0 Å². The van der Waals surface area contributed by atoms with Gasteiger partial charge in [-0.05, 0) is 12.1 Å². The van der Waals surface area contributed by atoms with Gasteiger partial charge in [0, 0.05) is 12.1 Å². The van der Waals surface area contributed by atoms with E-state index >= 15 is 0 Å². The molecule has 0 amide bonds. The molecule has 2 heterocycles. The van der Waals surface area contributed by atoms with E-state index in [9.17, 15) is 4.79 Å². The standard InChI is InChI=1S/C12H8O4.C3H8/c1-14-12-7-2-3-11(13)16-10(7)6-9-8(12)4-5-15-9;1-3-2/h2-6H,1H3;3H2,1-2H3. The third-order valence-electron chi connectivity index (χ3n) is 2.51. The largest absolute Gasteiger partial charge is 0.495 e. The van der Waals surface area contributed by atoms with Gasteiger partial charge in [-0.15, -0.1) is 0 Å². The summed E-state index contributed by atoms with van der Waals surface area (Å²) in [6.45, 7) is 4.25. The van der Waals surface area contributed by atoms with Gasteiger partial charge in [0.15, 0.2) is 0 Å². The van der Waals surface area contributed by atoms with Crippen molar-refractivity contribution < 1.29 is 13.6 Å². The van der Waals surface area contributed by atoms with Crippen molar-refractivity contribution in [2.24, 2.45) is 0 Å². The van der Waals surface area contributed by atoms with Gasteiger partial charge >= 0.3 is 5.63 Å². The summed E-state index contributed by atoms with van der Waals surface area (Å²) in [5.41, 5.74) is 0.714. The molecule has 1 aromatic carbocycles. The average Bonchev–Trinajstić information content (AvgIpc) is 2.84. The van der Waals surface area contributed by atoms with Gasteiger partial charge in [0.1, 0.15) is 16.9 Å². The minimum atomic E-state index is -0.388. The molecule has 19 heavy (non-hydrogen) atoms. The molecule has 0 saturated carbocycles. The van der Waals surface area contributed by atoms with Gasteiger partial charge in [-0.1, -0.05) is 20.3 Å². The molecule has 0 N–H and O–H groups in total. The van der Waals surface area contributed by atoms with E-state index in [1.807, 2.05) is 6.07 Å². The fourth-order valence-corrected chi connectivity index (χ4v) is 1.83. The number of fused-ring (bicyclic) bond motifs is 2. The highest BCUT2D eigenvalue weighted by molar-refractivity contribution is 6.00. The first-order chi connectivity index (χ1) is 9.21. The van der Waals surface area contributed by atoms with E-state index in [4.69, 9.17) is 13.6 Å². The molecule has 0 aliphatic rings. The lowest BCUT2D eigenvalue weighted by Crippen LogP contribution is -1.95. The summed E-state index contributed by atoms with van der Waals surface area (Å²) in [4.78, 5) is 11.1. The molecule has 0 saturated heterocycles. The fraction of sp³-hybridized carbons (Fsp3) is 0.267. The molecule has 0 bridgehead atoms. The molecular formula is C15H16O4. The minimum absolute atomic E-state index is 0.388. The lowest BCUT2D eigenvalue weighted by Gasteiger charge is -2.04. The third kappa shape index (κ3) is 2.47. The predicted molar refractivity (Wildman–Crippen MR) is 74.8 cm³/mol. The van der Waals surface area contributed by atoms with Crippen LogP contribution in [0, 0.1) is 0 Å². The highest BCUT2D eigenvalue weighted by Gasteiger charge is 2.11. The van der Waals surface area contributed by atoms with Crippen molar-refractivity contribution in [2.75, 3.05) is 7.11 Å². The SMILES string of the molecule is CCC.COc1c2ccoc2cc2oc(=O)ccc12. The highest BCUT2D eigenvalue weighted by atomic mass is 16.5. The summed E-state index contributed by atoms with van der Waals surface area (Å²) >= 11 is 0. The van der Waals surface area contributed by atoms with Gasteiger partial charge in [-0.25, -0.2) is 4.79 Å². The van der Waals surface area contributed by atoms with Crippen molar-refractivity contribution in [1.82, 2.24) is 0 Å². The van der Waals surface area contributed by atoms with E-state index in [-0.39, 0.29) is 5.63 Å². The zero-order valence-corrected chi connectivity index (χ0v) is 11.2. The van der Waals surface area contributed by atoms with Crippen LogP contribution in [0.5, 0.6) is 5.75 Å². The lowest BCUT2D eigenvalue weighted by atomic mass is 10.1. The predicted octanol–water partition coefficient (Wildman–Crippen LogP) is 3.96. The second-order valence-corrected chi connectivity index (χ2v) is 4.12. The van der Waals surface area contributed by atoms with Crippen molar-refractivity contribution in [3.63, 3.8) is 0 Å². The van der Waals surface area contributed by atoms with E-state index in [0.717, 1.165) is 10.8 Å². The molecular weight excluding hydrogens is 244 g/mol. The molecule has 4 nitrogen and oxygen atoms in total. The fourth-order valence-electron chi connectivity index (χ4n) is 1.83. The van der Waals surface area contributed by atoms with E-state index in [0.29, 0.717) is 16.9 Å². The summed E-state index contributed by atoms with van der Waals surface area (Å²) in [5.74, 6) is 0.657. The first-order valence-corrected chi connectivity index (χ1v) is 6.19. The summed E-state index contributed by atoms with van der Waals surface area (Å²) < 4.78 is 15.7. The van der Waals surface area contributed by atoms with Crippen LogP contribution in [0.25, 0.3) is 21.9 Å². The monoisotopic (exact) mass is 260 g/mol. The zero-order chi connectivity index (χ0) is 13.8. The van der Waals surface area contributed by atoms with Crippen molar-refractivity contribution in [1.29, 1.82) is 0 Å². The van der Waals surface area contributed by atoms with Crippen LogP contribution >= 0.6 is 0 Å². The van der Waals surface area contributed by atoms with Crippen LogP contribution in [0.4, 0.5) is 0 Å². The van der Waals surface area contributed by atoms with Crippen LogP contribution in [0.1, 0.15) is 20.3 Å². The Bertz CT molecular complexity index is 737. The summed E-state index contributed by atoms with van der Waals surface area (Å²) in [5, 5.41) is 1.62. The summed E-state index contributed by atoms with van der Waals surface area (Å²) in [6, 6.07) is 6.57. The highest BCUT2D eigenvalue weighted by Crippen LogP contribution is 2.34. The normalized spacial score (nSPS) is 10.3. The molecule has 0 fully saturated rings. The number of benzene rings is 1. The Balaban J connectivity index is 0.000000408. The van der Waals surface area contributed by atoms with Gasteiger partial charge in [0.2, 0.25) is 0 Å². The average molecular weight is 260 g/mol. The topological polar surface area (TPSA) is 52.6 Å². The Hall–Kier alpha value is -2.23. The van der Waals surface area contributed by atoms with Gasteiger partial charge in [-0.3, -0.25) is 0 Å². The van der Waals surface area contributed by atoms with Crippen molar-refractivity contribution in [2.45, 2.75) is 20.3 Å². The number of hydrogen-bond donors (Lipinski definition) is 0. The zero-order valence-electron chi connectivity index (χ0n) is 11.2. The van der Waals surface area contributed by atoms with E-state index in [1.165, 1.54) is 12.5 Å². The Morgan fingerprint density at radius 2 is 1.79 bits per heavy atom.